The standard InChI is InChI=1S/C22H26N4O2/c27-17-8-12-24(13-9-17)22(28)18-15-21(25-11-4-3-7-20(18)25)19-10-14-26(23-19)16-5-1-2-6-16/h3-4,7,10-11,14-17,27H,1-2,5-6,8-9,12-13H2. The van der Waals surface area contributed by atoms with Gasteiger partial charge in [0.2, 0.25) is 0 Å². The number of carbonyl (C=O) groups is 1. The van der Waals surface area contributed by atoms with Crippen molar-refractivity contribution in [3.63, 3.8) is 0 Å². The summed E-state index contributed by atoms with van der Waals surface area (Å²) >= 11 is 0. The van der Waals surface area contributed by atoms with Crippen LogP contribution in [0, 0.1) is 0 Å². The fraction of sp³-hybridized carbons (Fsp3) is 0.455. The molecular weight excluding hydrogens is 352 g/mol. The quantitative estimate of drug-likeness (QED) is 0.759. The molecule has 28 heavy (non-hydrogen) atoms. The van der Waals surface area contributed by atoms with Gasteiger partial charge in [-0.15, -0.1) is 0 Å². The molecule has 3 aromatic rings. The van der Waals surface area contributed by atoms with Crippen LogP contribution in [0.2, 0.25) is 0 Å². The van der Waals surface area contributed by atoms with E-state index in [1.165, 1.54) is 25.7 Å². The van der Waals surface area contributed by atoms with Gasteiger partial charge in [-0.3, -0.25) is 9.48 Å². The zero-order valence-corrected chi connectivity index (χ0v) is 16.0. The van der Waals surface area contributed by atoms with Crippen molar-refractivity contribution in [1.29, 1.82) is 0 Å². The molecule has 2 aliphatic rings. The topological polar surface area (TPSA) is 62.8 Å². The highest BCUT2D eigenvalue weighted by molar-refractivity contribution is 6.02. The van der Waals surface area contributed by atoms with Gasteiger partial charge in [-0.05, 0) is 49.9 Å². The molecule has 0 unspecified atom stereocenters. The lowest BCUT2D eigenvalue weighted by Crippen LogP contribution is -2.40. The molecule has 3 aromatic heterocycles. The van der Waals surface area contributed by atoms with Crippen molar-refractivity contribution < 1.29 is 9.90 Å². The molecule has 6 nitrogen and oxygen atoms in total. The second kappa shape index (κ2) is 7.09. The maximum absolute atomic E-state index is 13.2. The molecule has 1 aliphatic carbocycles. The average molecular weight is 378 g/mol. The summed E-state index contributed by atoms with van der Waals surface area (Å²) in [6.45, 7) is 1.21. The Bertz CT molecular complexity index is 991. The molecule has 0 aromatic carbocycles. The highest BCUT2D eigenvalue weighted by Gasteiger charge is 2.26. The molecule has 0 radical (unpaired) electrons. The van der Waals surface area contributed by atoms with E-state index in [4.69, 9.17) is 5.10 Å². The van der Waals surface area contributed by atoms with Gasteiger partial charge in [0.1, 0.15) is 5.69 Å². The van der Waals surface area contributed by atoms with Gasteiger partial charge >= 0.3 is 0 Å². The van der Waals surface area contributed by atoms with Gasteiger partial charge in [0, 0.05) is 25.5 Å². The van der Waals surface area contributed by atoms with Gasteiger partial charge < -0.3 is 14.4 Å². The number of aliphatic hydroxyl groups is 1. The molecule has 0 atom stereocenters. The van der Waals surface area contributed by atoms with Gasteiger partial charge in [-0.2, -0.15) is 5.10 Å². The van der Waals surface area contributed by atoms with Crippen LogP contribution < -0.4 is 0 Å². The summed E-state index contributed by atoms with van der Waals surface area (Å²) in [5, 5.41) is 14.6. The number of nitrogens with zero attached hydrogens (tertiary/aromatic N) is 4. The predicted octanol–water partition coefficient (Wildman–Crippen LogP) is 3.51. The summed E-state index contributed by atoms with van der Waals surface area (Å²) in [5.74, 6) is 0.0390. The van der Waals surface area contributed by atoms with Crippen molar-refractivity contribution in [2.75, 3.05) is 13.1 Å². The van der Waals surface area contributed by atoms with Crippen LogP contribution in [0.5, 0.6) is 0 Å². The second-order valence-electron chi connectivity index (χ2n) is 8.04. The molecule has 6 heteroatoms. The lowest BCUT2D eigenvalue weighted by molar-refractivity contribution is 0.0548. The van der Waals surface area contributed by atoms with Crippen molar-refractivity contribution in [2.24, 2.45) is 0 Å². The number of carbonyl (C=O) groups excluding carboxylic acids is 1. The van der Waals surface area contributed by atoms with Crippen molar-refractivity contribution in [3.8, 4) is 11.4 Å². The van der Waals surface area contributed by atoms with Crippen LogP contribution in [0.15, 0.2) is 42.7 Å². The minimum atomic E-state index is -0.287. The van der Waals surface area contributed by atoms with Crippen LogP contribution in [0.3, 0.4) is 0 Å². The Morgan fingerprint density at radius 1 is 1.04 bits per heavy atom. The van der Waals surface area contributed by atoms with E-state index in [1.54, 1.807) is 0 Å². The van der Waals surface area contributed by atoms with Crippen molar-refractivity contribution >= 4 is 11.4 Å². The number of amides is 1. The first kappa shape index (κ1) is 17.5. The average Bonchev–Trinajstić information content (AvgIpc) is 3.46. The predicted molar refractivity (Wildman–Crippen MR) is 107 cm³/mol. The van der Waals surface area contributed by atoms with Gasteiger partial charge in [0.25, 0.3) is 5.91 Å². The lowest BCUT2D eigenvalue weighted by Gasteiger charge is -2.29. The van der Waals surface area contributed by atoms with Crippen molar-refractivity contribution in [1.82, 2.24) is 19.1 Å². The third kappa shape index (κ3) is 3.02. The summed E-state index contributed by atoms with van der Waals surface area (Å²) in [5.41, 5.74) is 3.47. The van der Waals surface area contributed by atoms with Crippen LogP contribution in [0.1, 0.15) is 54.9 Å². The van der Waals surface area contributed by atoms with E-state index in [9.17, 15) is 9.90 Å². The van der Waals surface area contributed by atoms with Crippen LogP contribution in [0.25, 0.3) is 16.9 Å². The molecule has 146 valence electrons. The maximum atomic E-state index is 13.2. The maximum Gasteiger partial charge on any atom is 0.256 e. The highest BCUT2D eigenvalue weighted by Crippen LogP contribution is 2.31. The van der Waals surface area contributed by atoms with Gasteiger partial charge in [-0.1, -0.05) is 18.9 Å². The van der Waals surface area contributed by atoms with E-state index in [1.807, 2.05) is 35.4 Å². The first-order valence-electron chi connectivity index (χ1n) is 10.3. The van der Waals surface area contributed by atoms with Gasteiger partial charge in [0.15, 0.2) is 0 Å². The number of likely N-dealkylation sites (tertiary alicyclic amines) is 1. The Hall–Kier alpha value is -2.60. The number of aliphatic hydroxyl groups excluding tert-OH is 1. The number of aromatic nitrogens is 3. The first-order valence-corrected chi connectivity index (χ1v) is 10.3. The zero-order valence-electron chi connectivity index (χ0n) is 16.0. The fourth-order valence-electron chi connectivity index (χ4n) is 4.61. The summed E-state index contributed by atoms with van der Waals surface area (Å²) in [6.07, 6.45) is 10.0. The number of piperidine rings is 1. The van der Waals surface area contributed by atoms with Crippen LogP contribution in [-0.4, -0.2) is 49.3 Å². The third-order valence-corrected chi connectivity index (χ3v) is 6.23. The molecule has 2 fully saturated rings. The molecule has 0 spiro atoms. The Morgan fingerprint density at radius 2 is 1.82 bits per heavy atom. The SMILES string of the molecule is O=C(c1cc(-c2ccn(C3CCCC3)n2)n2ccccc12)N1CCC(O)CC1. The monoisotopic (exact) mass is 378 g/mol. The first-order chi connectivity index (χ1) is 13.7. The van der Waals surface area contributed by atoms with Gasteiger partial charge in [0.05, 0.1) is 28.9 Å². The lowest BCUT2D eigenvalue weighted by atomic mass is 10.1. The van der Waals surface area contributed by atoms with Crippen LogP contribution in [0.4, 0.5) is 0 Å². The number of hydrogen-bond donors (Lipinski definition) is 1. The summed E-state index contributed by atoms with van der Waals surface area (Å²) in [7, 11) is 0. The van der Waals surface area contributed by atoms with Crippen LogP contribution in [-0.2, 0) is 0 Å². The number of rotatable bonds is 3. The molecule has 1 amide bonds. The van der Waals surface area contributed by atoms with E-state index >= 15 is 0 Å². The van der Waals surface area contributed by atoms with E-state index < -0.39 is 0 Å². The number of fused-ring (bicyclic) bond motifs is 1. The Balaban J connectivity index is 1.51. The Kier molecular flexibility index (Phi) is 4.43. The summed E-state index contributed by atoms with van der Waals surface area (Å²) in [4.78, 5) is 15.0. The molecule has 1 N–H and O–H groups in total. The smallest absolute Gasteiger partial charge is 0.256 e. The highest BCUT2D eigenvalue weighted by atomic mass is 16.3. The van der Waals surface area contributed by atoms with E-state index in [0.29, 0.717) is 37.5 Å². The normalized spacial score (nSPS) is 19.0. The molecule has 0 bridgehead atoms. The summed E-state index contributed by atoms with van der Waals surface area (Å²) in [6, 6.07) is 10.5. The summed E-state index contributed by atoms with van der Waals surface area (Å²) < 4.78 is 4.16. The fourth-order valence-corrected chi connectivity index (χ4v) is 4.61. The second-order valence-corrected chi connectivity index (χ2v) is 8.04. The third-order valence-electron chi connectivity index (χ3n) is 6.23. The Labute approximate surface area is 164 Å². The molecule has 1 aliphatic heterocycles. The van der Waals surface area contributed by atoms with E-state index in [0.717, 1.165) is 16.9 Å². The molecular formula is C22H26N4O2. The molecule has 4 heterocycles. The molecule has 1 saturated carbocycles. The van der Waals surface area contributed by atoms with Crippen molar-refractivity contribution in [2.45, 2.75) is 50.7 Å². The Morgan fingerprint density at radius 3 is 2.61 bits per heavy atom. The van der Waals surface area contributed by atoms with Crippen LogP contribution >= 0.6 is 0 Å². The van der Waals surface area contributed by atoms with Gasteiger partial charge in [-0.25, -0.2) is 0 Å². The minimum Gasteiger partial charge on any atom is -0.393 e. The zero-order chi connectivity index (χ0) is 19.1. The molecule has 5 rings (SSSR count). The molecule has 1 saturated heterocycles. The number of pyridine rings is 1. The van der Waals surface area contributed by atoms with E-state index in [-0.39, 0.29) is 12.0 Å². The van der Waals surface area contributed by atoms with E-state index in [2.05, 4.69) is 21.3 Å². The van der Waals surface area contributed by atoms with Crippen molar-refractivity contribution in [3.05, 3.63) is 48.3 Å². The minimum absolute atomic E-state index is 0.0390. The largest absolute Gasteiger partial charge is 0.393 e. The number of hydrogen-bond acceptors (Lipinski definition) is 3.